The van der Waals surface area contributed by atoms with Crippen molar-refractivity contribution in [2.45, 2.75) is 33.2 Å². The summed E-state index contributed by atoms with van der Waals surface area (Å²) in [6, 6.07) is 18.1. The lowest BCUT2D eigenvalue weighted by atomic mass is 10.1. The quantitative estimate of drug-likeness (QED) is 0.644. The molecule has 1 atom stereocenters. The third kappa shape index (κ3) is 4.59. The molecule has 0 bridgehead atoms. The maximum Gasteiger partial charge on any atom is 0.248 e. The zero-order valence-electron chi connectivity index (χ0n) is 17.1. The van der Waals surface area contributed by atoms with Crippen LogP contribution < -0.4 is 9.62 Å². The summed E-state index contributed by atoms with van der Waals surface area (Å²) in [5, 5.41) is 4.97. The van der Waals surface area contributed by atoms with Gasteiger partial charge in [0.2, 0.25) is 15.9 Å². The van der Waals surface area contributed by atoms with Crippen LogP contribution in [0.15, 0.2) is 60.7 Å². The summed E-state index contributed by atoms with van der Waals surface area (Å²) < 4.78 is 26.4. The van der Waals surface area contributed by atoms with Gasteiger partial charge in [0.25, 0.3) is 0 Å². The minimum absolute atomic E-state index is 0.347. The number of carbonyl (C=O) groups excluding carboxylic acids is 1. The third-order valence-electron chi connectivity index (χ3n) is 5.09. The van der Waals surface area contributed by atoms with Crippen LogP contribution in [0.2, 0.25) is 0 Å². The van der Waals surface area contributed by atoms with Crippen LogP contribution in [-0.2, 0) is 14.8 Å². The number of aryl methyl sites for hydroxylation is 2. The van der Waals surface area contributed by atoms with Crippen LogP contribution in [-0.4, -0.2) is 26.6 Å². The molecular formula is C23H26N2O3S. The molecule has 29 heavy (non-hydrogen) atoms. The Morgan fingerprint density at radius 3 is 2.28 bits per heavy atom. The lowest BCUT2D eigenvalue weighted by Gasteiger charge is -2.30. The minimum atomic E-state index is -3.66. The van der Waals surface area contributed by atoms with Crippen LogP contribution in [0.5, 0.6) is 0 Å². The Kier molecular flexibility index (Phi) is 5.94. The highest BCUT2D eigenvalue weighted by Crippen LogP contribution is 2.26. The molecule has 0 unspecified atom stereocenters. The first-order valence-electron chi connectivity index (χ1n) is 9.57. The molecule has 3 rings (SSSR count). The number of sulfonamides is 1. The topological polar surface area (TPSA) is 66.5 Å². The maximum absolute atomic E-state index is 13.1. The maximum atomic E-state index is 13.1. The molecule has 0 aromatic heterocycles. The number of nitrogens with zero attached hydrogens (tertiary/aromatic N) is 1. The Bertz CT molecular complexity index is 1160. The van der Waals surface area contributed by atoms with Gasteiger partial charge in [-0.25, -0.2) is 8.42 Å². The minimum Gasteiger partial charge on any atom is -0.324 e. The SMILES string of the molecule is CC[C@H](C(=O)Nc1ccc2ccccc2c1)N(c1ccc(C)c(C)c1)S(C)(=O)=O. The smallest absolute Gasteiger partial charge is 0.248 e. The Labute approximate surface area is 172 Å². The highest BCUT2D eigenvalue weighted by molar-refractivity contribution is 7.92. The summed E-state index contributed by atoms with van der Waals surface area (Å²) in [6.45, 7) is 5.70. The average molecular weight is 411 g/mol. The van der Waals surface area contributed by atoms with Gasteiger partial charge in [0, 0.05) is 5.69 Å². The van der Waals surface area contributed by atoms with Crippen molar-refractivity contribution < 1.29 is 13.2 Å². The van der Waals surface area contributed by atoms with Gasteiger partial charge in [-0.3, -0.25) is 9.10 Å². The van der Waals surface area contributed by atoms with Crippen LogP contribution in [0.25, 0.3) is 10.8 Å². The number of hydrogen-bond donors (Lipinski definition) is 1. The Hall–Kier alpha value is -2.86. The fourth-order valence-corrected chi connectivity index (χ4v) is 4.62. The molecule has 1 amide bonds. The lowest BCUT2D eigenvalue weighted by Crippen LogP contribution is -2.47. The number of nitrogens with one attached hydrogen (secondary N) is 1. The molecule has 1 N–H and O–H groups in total. The van der Waals surface area contributed by atoms with Crippen molar-refractivity contribution >= 4 is 38.1 Å². The first kappa shape index (κ1) is 20.9. The van der Waals surface area contributed by atoms with Gasteiger partial charge < -0.3 is 5.32 Å². The molecule has 0 fully saturated rings. The van der Waals surface area contributed by atoms with Crippen molar-refractivity contribution in [2.75, 3.05) is 15.9 Å². The van der Waals surface area contributed by atoms with Crippen molar-refractivity contribution in [3.8, 4) is 0 Å². The van der Waals surface area contributed by atoms with E-state index in [0.29, 0.717) is 17.8 Å². The summed E-state index contributed by atoms with van der Waals surface area (Å²) in [5.74, 6) is -0.355. The van der Waals surface area contributed by atoms with Crippen molar-refractivity contribution in [3.63, 3.8) is 0 Å². The van der Waals surface area contributed by atoms with Crippen molar-refractivity contribution in [3.05, 3.63) is 71.8 Å². The van der Waals surface area contributed by atoms with Crippen LogP contribution in [0.1, 0.15) is 24.5 Å². The van der Waals surface area contributed by atoms with E-state index in [-0.39, 0.29) is 5.91 Å². The summed E-state index contributed by atoms with van der Waals surface area (Å²) in [6.07, 6.45) is 1.48. The molecule has 3 aromatic carbocycles. The van der Waals surface area contributed by atoms with E-state index in [0.717, 1.165) is 28.2 Å². The zero-order valence-corrected chi connectivity index (χ0v) is 18.0. The molecule has 3 aromatic rings. The Morgan fingerprint density at radius 2 is 1.66 bits per heavy atom. The van der Waals surface area contributed by atoms with Gasteiger partial charge >= 0.3 is 0 Å². The number of benzene rings is 3. The fourth-order valence-electron chi connectivity index (χ4n) is 3.42. The fraction of sp³-hybridized carbons (Fsp3) is 0.261. The zero-order chi connectivity index (χ0) is 21.2. The monoisotopic (exact) mass is 410 g/mol. The van der Waals surface area contributed by atoms with Crippen LogP contribution in [0.4, 0.5) is 11.4 Å². The summed E-state index contributed by atoms with van der Waals surface area (Å²) in [4.78, 5) is 13.1. The second kappa shape index (κ2) is 8.25. The van der Waals surface area contributed by atoms with Crippen LogP contribution >= 0.6 is 0 Å². The standard InChI is InChI=1S/C23H26N2O3S/c1-5-22(25(29(4,27)28)21-13-10-16(2)17(3)14-21)23(26)24-20-12-11-18-8-6-7-9-19(18)15-20/h6-15,22H,5H2,1-4H3,(H,24,26)/t22-/m1/s1. The number of rotatable bonds is 6. The van der Waals surface area contributed by atoms with Crippen molar-refractivity contribution in [2.24, 2.45) is 0 Å². The van der Waals surface area contributed by atoms with Gasteiger partial charge in [-0.15, -0.1) is 0 Å². The van der Waals surface area contributed by atoms with Crippen molar-refractivity contribution in [1.29, 1.82) is 0 Å². The van der Waals surface area contributed by atoms with Gasteiger partial charge in [0.15, 0.2) is 0 Å². The molecule has 5 nitrogen and oxygen atoms in total. The lowest BCUT2D eigenvalue weighted by molar-refractivity contribution is -0.117. The molecule has 6 heteroatoms. The van der Waals surface area contributed by atoms with Gasteiger partial charge in [-0.1, -0.05) is 43.3 Å². The molecule has 0 aliphatic heterocycles. The van der Waals surface area contributed by atoms with E-state index in [1.807, 2.05) is 75.4 Å². The normalized spacial score (nSPS) is 12.6. The molecule has 152 valence electrons. The highest BCUT2D eigenvalue weighted by Gasteiger charge is 2.31. The van der Waals surface area contributed by atoms with E-state index in [1.54, 1.807) is 6.07 Å². The number of anilines is 2. The molecule has 0 saturated carbocycles. The largest absolute Gasteiger partial charge is 0.324 e. The second-order valence-corrected chi connectivity index (χ2v) is 9.16. The predicted molar refractivity (Wildman–Crippen MR) is 120 cm³/mol. The predicted octanol–water partition coefficient (Wildman–Crippen LogP) is 4.64. The molecule has 0 spiro atoms. The number of hydrogen-bond acceptors (Lipinski definition) is 3. The van der Waals surface area contributed by atoms with Gasteiger partial charge in [-0.2, -0.15) is 0 Å². The second-order valence-electron chi connectivity index (χ2n) is 7.30. The van der Waals surface area contributed by atoms with Gasteiger partial charge in [-0.05, 0) is 66.4 Å². The summed E-state index contributed by atoms with van der Waals surface area (Å²) >= 11 is 0. The van der Waals surface area contributed by atoms with E-state index in [1.165, 1.54) is 4.31 Å². The van der Waals surface area contributed by atoms with E-state index in [9.17, 15) is 13.2 Å². The number of amides is 1. The van der Waals surface area contributed by atoms with E-state index in [4.69, 9.17) is 0 Å². The average Bonchev–Trinajstić information content (AvgIpc) is 2.67. The Morgan fingerprint density at radius 1 is 0.966 bits per heavy atom. The first-order valence-corrected chi connectivity index (χ1v) is 11.4. The molecule has 0 saturated heterocycles. The van der Waals surface area contributed by atoms with E-state index >= 15 is 0 Å². The van der Waals surface area contributed by atoms with Crippen LogP contribution in [0, 0.1) is 13.8 Å². The summed E-state index contributed by atoms with van der Waals surface area (Å²) in [7, 11) is -3.66. The van der Waals surface area contributed by atoms with E-state index < -0.39 is 16.1 Å². The third-order valence-corrected chi connectivity index (χ3v) is 6.27. The van der Waals surface area contributed by atoms with Gasteiger partial charge in [0.05, 0.1) is 11.9 Å². The first-order chi connectivity index (χ1) is 13.7. The number of fused-ring (bicyclic) bond motifs is 1. The van der Waals surface area contributed by atoms with Crippen LogP contribution in [0.3, 0.4) is 0 Å². The molecule has 0 aliphatic rings. The Balaban J connectivity index is 1.94. The summed E-state index contributed by atoms with van der Waals surface area (Å²) in [5.41, 5.74) is 3.17. The molecule has 0 aliphatic carbocycles. The molecule has 0 heterocycles. The molecular weight excluding hydrogens is 384 g/mol. The highest BCUT2D eigenvalue weighted by atomic mass is 32.2. The number of carbonyl (C=O) groups is 1. The van der Waals surface area contributed by atoms with Crippen molar-refractivity contribution in [1.82, 2.24) is 0 Å². The van der Waals surface area contributed by atoms with Gasteiger partial charge in [0.1, 0.15) is 6.04 Å². The van der Waals surface area contributed by atoms with E-state index in [2.05, 4.69) is 5.32 Å². The molecule has 0 radical (unpaired) electrons.